The van der Waals surface area contributed by atoms with Crippen LogP contribution in [0.15, 0.2) is 30.3 Å². The molecule has 0 saturated carbocycles. The molecule has 3 aliphatic heterocycles. The Kier molecular flexibility index (Phi) is 8.37. The summed E-state index contributed by atoms with van der Waals surface area (Å²) in [5, 5.41) is 7.95. The Labute approximate surface area is 215 Å². The lowest BCUT2D eigenvalue weighted by molar-refractivity contribution is -0.357. The van der Waals surface area contributed by atoms with Crippen LogP contribution < -0.4 is 0 Å². The van der Waals surface area contributed by atoms with Crippen molar-refractivity contribution >= 4 is 40.7 Å². The molecule has 4 rings (SSSR count). The zero-order valence-electron chi connectivity index (χ0n) is 19.7. The van der Waals surface area contributed by atoms with Crippen LogP contribution in [0.4, 0.5) is 0 Å². The molecule has 0 spiro atoms. The highest BCUT2D eigenvalue weighted by atomic mass is 35.6. The van der Waals surface area contributed by atoms with E-state index in [9.17, 15) is 0 Å². The van der Waals surface area contributed by atoms with Gasteiger partial charge in [0, 0.05) is 17.9 Å². The molecule has 190 valence electrons. The SMILES string of the molecule is CC1O[C@@H](O[C@@H]2C[C@@H](OC(=N)C(Cl)(Cl)Cl)OC3COC(c4ccccc4)O[C@@H]32)C(C)[C@@H](C)[C@@H]1C. The van der Waals surface area contributed by atoms with Gasteiger partial charge in [-0.2, -0.15) is 0 Å². The highest BCUT2D eigenvalue weighted by Crippen LogP contribution is 2.40. The molecule has 34 heavy (non-hydrogen) atoms. The minimum Gasteiger partial charge on any atom is -0.448 e. The third-order valence-electron chi connectivity index (χ3n) is 7.24. The fraction of sp³-hybridized carbons (Fsp3) is 0.708. The molecule has 1 aromatic rings. The number of hydrogen-bond donors (Lipinski definition) is 1. The minimum atomic E-state index is -1.99. The Morgan fingerprint density at radius 1 is 0.971 bits per heavy atom. The molecule has 10 heteroatoms. The number of hydrogen-bond acceptors (Lipinski definition) is 7. The highest BCUT2D eigenvalue weighted by Gasteiger charge is 2.49. The zero-order chi connectivity index (χ0) is 24.6. The van der Waals surface area contributed by atoms with Gasteiger partial charge in [0.05, 0.1) is 18.8 Å². The molecule has 0 aromatic heterocycles. The second kappa shape index (κ2) is 10.8. The fourth-order valence-electron chi connectivity index (χ4n) is 4.70. The summed E-state index contributed by atoms with van der Waals surface area (Å²) < 4.78 is 34.7. The van der Waals surface area contributed by atoms with E-state index in [1.165, 1.54) is 0 Å². The predicted molar refractivity (Wildman–Crippen MR) is 129 cm³/mol. The Balaban J connectivity index is 1.53. The van der Waals surface area contributed by atoms with E-state index in [4.69, 9.17) is 68.6 Å². The number of nitrogens with one attached hydrogen (secondary N) is 1. The van der Waals surface area contributed by atoms with Gasteiger partial charge in [-0.25, -0.2) is 0 Å². The number of benzene rings is 1. The normalized spacial score (nSPS) is 40.9. The number of ether oxygens (including phenoxy) is 6. The van der Waals surface area contributed by atoms with Gasteiger partial charge in [0.25, 0.3) is 3.79 Å². The van der Waals surface area contributed by atoms with E-state index < -0.39 is 46.9 Å². The number of rotatable bonds is 4. The van der Waals surface area contributed by atoms with Crippen LogP contribution in [0.5, 0.6) is 0 Å². The molecule has 3 aliphatic rings. The smallest absolute Gasteiger partial charge is 0.265 e. The van der Waals surface area contributed by atoms with Crippen LogP contribution in [0.2, 0.25) is 0 Å². The molecule has 1 N–H and O–H groups in total. The summed E-state index contributed by atoms with van der Waals surface area (Å²) in [6.45, 7) is 8.89. The van der Waals surface area contributed by atoms with E-state index in [-0.39, 0.29) is 25.0 Å². The van der Waals surface area contributed by atoms with Gasteiger partial charge in [0.1, 0.15) is 12.2 Å². The maximum Gasteiger partial charge on any atom is 0.265 e. The lowest BCUT2D eigenvalue weighted by atomic mass is 9.79. The van der Waals surface area contributed by atoms with Gasteiger partial charge in [-0.1, -0.05) is 85.9 Å². The molecule has 0 amide bonds. The fourth-order valence-corrected chi connectivity index (χ4v) is 4.83. The number of halogens is 3. The summed E-state index contributed by atoms with van der Waals surface area (Å²) in [5.74, 6) is 0.496. The first-order valence-electron chi connectivity index (χ1n) is 11.7. The maximum absolute atomic E-state index is 7.95. The first kappa shape index (κ1) is 26.4. The van der Waals surface area contributed by atoms with Crippen molar-refractivity contribution < 1.29 is 28.4 Å². The van der Waals surface area contributed by atoms with Crippen molar-refractivity contribution in [3.63, 3.8) is 0 Å². The van der Waals surface area contributed by atoms with Crippen molar-refractivity contribution in [2.24, 2.45) is 17.8 Å². The summed E-state index contributed by atoms with van der Waals surface area (Å²) >= 11 is 17.4. The molecule has 3 fully saturated rings. The molecule has 4 unspecified atom stereocenters. The summed E-state index contributed by atoms with van der Waals surface area (Å²) in [4.78, 5) is 0. The highest BCUT2D eigenvalue weighted by molar-refractivity contribution is 6.76. The molecule has 10 atom stereocenters. The Morgan fingerprint density at radius 3 is 2.35 bits per heavy atom. The number of alkyl halides is 3. The molecular formula is C24H32Cl3NO6. The molecule has 1 aromatic carbocycles. The first-order chi connectivity index (χ1) is 16.0. The predicted octanol–water partition coefficient (Wildman–Crippen LogP) is 5.62. The molecule has 0 bridgehead atoms. The molecular weight excluding hydrogens is 505 g/mol. The maximum atomic E-state index is 7.95. The van der Waals surface area contributed by atoms with Crippen LogP contribution in [-0.2, 0) is 28.4 Å². The third kappa shape index (κ3) is 5.84. The Morgan fingerprint density at radius 2 is 1.68 bits per heavy atom. The monoisotopic (exact) mass is 535 g/mol. The lowest BCUT2D eigenvalue weighted by Crippen LogP contribution is -2.58. The summed E-state index contributed by atoms with van der Waals surface area (Å²) in [7, 11) is 0. The number of fused-ring (bicyclic) bond motifs is 1. The Hall–Kier alpha value is -0.640. The van der Waals surface area contributed by atoms with Crippen LogP contribution in [0, 0.1) is 23.2 Å². The average molecular weight is 537 g/mol. The van der Waals surface area contributed by atoms with E-state index in [1.54, 1.807) is 0 Å². The second-order valence-corrected chi connectivity index (χ2v) is 11.7. The summed E-state index contributed by atoms with van der Waals surface area (Å²) in [6, 6.07) is 9.73. The van der Waals surface area contributed by atoms with Crippen LogP contribution in [0.3, 0.4) is 0 Å². The van der Waals surface area contributed by atoms with Gasteiger partial charge < -0.3 is 28.4 Å². The zero-order valence-corrected chi connectivity index (χ0v) is 21.9. The molecule has 3 saturated heterocycles. The largest absolute Gasteiger partial charge is 0.448 e. The van der Waals surface area contributed by atoms with Crippen molar-refractivity contribution in [1.82, 2.24) is 0 Å². The van der Waals surface area contributed by atoms with Gasteiger partial charge in [-0.05, 0) is 18.8 Å². The lowest BCUT2D eigenvalue weighted by Gasteiger charge is -2.48. The Bertz CT molecular complexity index is 840. The van der Waals surface area contributed by atoms with Crippen LogP contribution in [0.25, 0.3) is 0 Å². The minimum absolute atomic E-state index is 0.0594. The van der Waals surface area contributed by atoms with Crippen LogP contribution in [0.1, 0.15) is 46.0 Å². The van der Waals surface area contributed by atoms with Gasteiger partial charge >= 0.3 is 0 Å². The van der Waals surface area contributed by atoms with Crippen molar-refractivity contribution in [1.29, 1.82) is 5.41 Å². The van der Waals surface area contributed by atoms with E-state index >= 15 is 0 Å². The third-order valence-corrected chi connectivity index (χ3v) is 7.76. The van der Waals surface area contributed by atoms with Crippen molar-refractivity contribution in [2.75, 3.05) is 6.61 Å². The quantitative estimate of drug-likeness (QED) is 0.306. The van der Waals surface area contributed by atoms with E-state index in [2.05, 4.69) is 27.7 Å². The van der Waals surface area contributed by atoms with Crippen molar-refractivity contribution in [3.8, 4) is 0 Å². The van der Waals surface area contributed by atoms with Crippen LogP contribution in [-0.4, -0.2) is 53.3 Å². The van der Waals surface area contributed by atoms with Crippen molar-refractivity contribution in [2.45, 2.75) is 81.2 Å². The van der Waals surface area contributed by atoms with Gasteiger partial charge in [-0.3, -0.25) is 5.41 Å². The van der Waals surface area contributed by atoms with E-state index in [1.807, 2.05) is 30.3 Å². The first-order valence-corrected chi connectivity index (χ1v) is 12.8. The van der Waals surface area contributed by atoms with E-state index in [0.29, 0.717) is 11.8 Å². The summed E-state index contributed by atoms with van der Waals surface area (Å²) in [6.07, 6.45) is -2.84. The molecule has 3 heterocycles. The molecule has 0 radical (unpaired) electrons. The standard InChI is InChI=1S/C24H32Cl3NO6/c1-12-13(2)15(4)30-21(14(12)3)32-17-10-19(33-23(28)24(25,26)27)31-18-11-29-22(34-20(17)18)16-8-6-5-7-9-16/h5-9,12-15,17-22,28H,10-11H2,1-4H3/t12-,13-,14?,15?,17+,18?,19+,20+,21-,22?/m0/s1. The van der Waals surface area contributed by atoms with E-state index in [0.717, 1.165) is 5.56 Å². The molecule has 7 nitrogen and oxygen atoms in total. The topological polar surface area (TPSA) is 79.2 Å². The van der Waals surface area contributed by atoms with Crippen LogP contribution >= 0.6 is 34.8 Å². The average Bonchev–Trinajstić information content (AvgIpc) is 2.81. The molecule has 0 aliphatic carbocycles. The van der Waals surface area contributed by atoms with Crippen molar-refractivity contribution in [3.05, 3.63) is 35.9 Å². The van der Waals surface area contributed by atoms with Gasteiger partial charge in [-0.15, -0.1) is 0 Å². The second-order valence-electron chi connectivity index (χ2n) is 9.42. The van der Waals surface area contributed by atoms with Gasteiger partial charge in [0.15, 0.2) is 12.6 Å². The van der Waals surface area contributed by atoms with Gasteiger partial charge in [0.2, 0.25) is 12.2 Å². The summed E-state index contributed by atoms with van der Waals surface area (Å²) in [5.41, 5.74) is 0.911.